The lowest BCUT2D eigenvalue weighted by atomic mass is 10.2. The molecule has 1 amide bonds. The van der Waals surface area contributed by atoms with Crippen molar-refractivity contribution in [1.82, 2.24) is 5.32 Å². The molecule has 0 aliphatic rings. The summed E-state index contributed by atoms with van der Waals surface area (Å²) >= 11 is 5.58. The summed E-state index contributed by atoms with van der Waals surface area (Å²) in [6.45, 7) is 4.17. The summed E-state index contributed by atoms with van der Waals surface area (Å²) < 4.78 is 4.92. The quantitative estimate of drug-likeness (QED) is 0.666. The number of halogens is 1. The summed E-state index contributed by atoms with van der Waals surface area (Å²) in [5.74, 6) is -0.138. The van der Waals surface area contributed by atoms with E-state index < -0.39 is 5.38 Å². The van der Waals surface area contributed by atoms with E-state index in [0.717, 1.165) is 6.42 Å². The summed E-state index contributed by atoms with van der Waals surface area (Å²) in [6, 6.07) is 0.0729. The highest BCUT2D eigenvalue weighted by Crippen LogP contribution is 1.97. The van der Waals surface area contributed by atoms with Gasteiger partial charge in [-0.05, 0) is 13.3 Å². The number of alkyl halides is 1. The van der Waals surface area contributed by atoms with Crippen LogP contribution in [0.2, 0.25) is 0 Å². The van der Waals surface area contributed by atoms with Gasteiger partial charge in [-0.15, -0.1) is 11.6 Å². The molecule has 12 heavy (non-hydrogen) atoms. The molecule has 0 fully saturated rings. The number of rotatable bonds is 5. The van der Waals surface area contributed by atoms with Gasteiger partial charge in [-0.2, -0.15) is 0 Å². The number of carbonyl (C=O) groups excluding carboxylic acids is 1. The van der Waals surface area contributed by atoms with Crippen molar-refractivity contribution in [3.8, 4) is 0 Å². The molecule has 0 heterocycles. The van der Waals surface area contributed by atoms with Gasteiger partial charge >= 0.3 is 0 Å². The molecular formula is C8H16ClNO2. The zero-order valence-corrected chi connectivity index (χ0v) is 8.52. The maximum atomic E-state index is 11.1. The summed E-state index contributed by atoms with van der Waals surface area (Å²) in [5.41, 5.74) is 0. The van der Waals surface area contributed by atoms with Crippen LogP contribution in [0.25, 0.3) is 0 Å². The first-order chi connectivity index (χ1) is 5.61. The minimum atomic E-state index is -0.476. The molecule has 0 aliphatic heterocycles. The number of nitrogens with one attached hydrogen (secondary N) is 1. The molecule has 2 unspecified atom stereocenters. The maximum Gasteiger partial charge on any atom is 0.238 e. The van der Waals surface area contributed by atoms with E-state index in [2.05, 4.69) is 5.32 Å². The van der Waals surface area contributed by atoms with Crippen molar-refractivity contribution in [3.63, 3.8) is 0 Å². The Balaban J connectivity index is 3.77. The lowest BCUT2D eigenvalue weighted by Gasteiger charge is -2.16. The third kappa shape index (κ3) is 4.57. The minimum absolute atomic E-state index is 0.0729. The lowest BCUT2D eigenvalue weighted by Crippen LogP contribution is -2.40. The minimum Gasteiger partial charge on any atom is -0.383 e. The van der Waals surface area contributed by atoms with Crippen LogP contribution in [0.5, 0.6) is 0 Å². The van der Waals surface area contributed by atoms with Gasteiger partial charge < -0.3 is 10.1 Å². The van der Waals surface area contributed by atoms with Crippen LogP contribution in [0.15, 0.2) is 0 Å². The van der Waals surface area contributed by atoms with Gasteiger partial charge in [0, 0.05) is 7.11 Å². The standard InChI is InChI=1S/C8H16ClNO2/c1-4-7(5-12-3)10-8(11)6(2)9/h6-7H,4-5H2,1-3H3,(H,10,11). The van der Waals surface area contributed by atoms with Crippen LogP contribution in [0.1, 0.15) is 20.3 Å². The molecule has 0 radical (unpaired) electrons. The zero-order chi connectivity index (χ0) is 9.56. The van der Waals surface area contributed by atoms with Gasteiger partial charge in [-0.25, -0.2) is 0 Å². The van der Waals surface area contributed by atoms with Gasteiger partial charge in [-0.1, -0.05) is 6.92 Å². The Kier molecular flexibility index (Phi) is 6.11. The van der Waals surface area contributed by atoms with Gasteiger partial charge in [0.1, 0.15) is 5.38 Å². The molecule has 72 valence electrons. The van der Waals surface area contributed by atoms with Gasteiger partial charge in [0.2, 0.25) is 5.91 Å². The van der Waals surface area contributed by atoms with Gasteiger partial charge in [0.25, 0.3) is 0 Å². The van der Waals surface area contributed by atoms with Gasteiger partial charge in [-0.3, -0.25) is 4.79 Å². The molecule has 2 atom stereocenters. The lowest BCUT2D eigenvalue weighted by molar-refractivity contribution is -0.121. The van der Waals surface area contributed by atoms with Crippen molar-refractivity contribution in [2.75, 3.05) is 13.7 Å². The first-order valence-electron chi connectivity index (χ1n) is 4.05. The molecule has 0 bridgehead atoms. The Morgan fingerprint density at radius 3 is 2.58 bits per heavy atom. The second-order valence-electron chi connectivity index (χ2n) is 2.69. The van der Waals surface area contributed by atoms with Crippen LogP contribution in [0, 0.1) is 0 Å². The topological polar surface area (TPSA) is 38.3 Å². The highest BCUT2D eigenvalue weighted by atomic mass is 35.5. The van der Waals surface area contributed by atoms with E-state index >= 15 is 0 Å². The van der Waals surface area contributed by atoms with E-state index in [1.165, 1.54) is 0 Å². The number of ether oxygens (including phenoxy) is 1. The van der Waals surface area contributed by atoms with E-state index in [-0.39, 0.29) is 11.9 Å². The summed E-state index contributed by atoms with van der Waals surface area (Å²) in [6.07, 6.45) is 0.850. The number of carbonyl (C=O) groups is 1. The van der Waals surface area contributed by atoms with E-state index in [1.807, 2.05) is 6.92 Å². The first kappa shape index (κ1) is 11.7. The molecular weight excluding hydrogens is 178 g/mol. The number of hydrogen-bond donors (Lipinski definition) is 1. The molecule has 0 aromatic carbocycles. The monoisotopic (exact) mass is 193 g/mol. The van der Waals surface area contributed by atoms with Crippen molar-refractivity contribution in [1.29, 1.82) is 0 Å². The molecule has 0 spiro atoms. The SMILES string of the molecule is CCC(COC)NC(=O)C(C)Cl. The van der Waals surface area contributed by atoms with Crippen LogP contribution in [-0.2, 0) is 9.53 Å². The van der Waals surface area contributed by atoms with Crippen LogP contribution in [0.3, 0.4) is 0 Å². The van der Waals surface area contributed by atoms with E-state index in [0.29, 0.717) is 6.61 Å². The van der Waals surface area contributed by atoms with Crippen LogP contribution in [0.4, 0.5) is 0 Å². The highest BCUT2D eigenvalue weighted by molar-refractivity contribution is 6.30. The predicted octanol–water partition coefficient (Wildman–Crippen LogP) is 1.15. The third-order valence-corrected chi connectivity index (χ3v) is 1.77. The highest BCUT2D eigenvalue weighted by Gasteiger charge is 2.13. The van der Waals surface area contributed by atoms with E-state index in [4.69, 9.17) is 16.3 Å². The Labute approximate surface area is 78.4 Å². The molecule has 0 aromatic heterocycles. The fourth-order valence-corrected chi connectivity index (χ4v) is 0.842. The Morgan fingerprint density at radius 2 is 2.25 bits per heavy atom. The van der Waals surface area contributed by atoms with Crippen LogP contribution in [-0.4, -0.2) is 31.0 Å². The molecule has 0 saturated heterocycles. The molecule has 3 nitrogen and oxygen atoms in total. The van der Waals surface area contributed by atoms with E-state index in [9.17, 15) is 4.79 Å². The van der Waals surface area contributed by atoms with Gasteiger partial charge in [0.15, 0.2) is 0 Å². The summed E-state index contributed by atoms with van der Waals surface area (Å²) in [5, 5.41) is 2.30. The molecule has 4 heteroatoms. The molecule has 0 saturated carbocycles. The first-order valence-corrected chi connectivity index (χ1v) is 4.48. The van der Waals surface area contributed by atoms with Crippen molar-refractivity contribution in [2.24, 2.45) is 0 Å². The molecule has 0 aromatic rings. The van der Waals surface area contributed by atoms with Crippen LogP contribution < -0.4 is 5.32 Å². The number of methoxy groups -OCH3 is 1. The van der Waals surface area contributed by atoms with Crippen molar-refractivity contribution in [2.45, 2.75) is 31.7 Å². The second-order valence-corrected chi connectivity index (χ2v) is 3.34. The largest absolute Gasteiger partial charge is 0.383 e. The average molecular weight is 194 g/mol. The van der Waals surface area contributed by atoms with Crippen molar-refractivity contribution < 1.29 is 9.53 Å². The molecule has 0 aliphatic carbocycles. The number of amides is 1. The van der Waals surface area contributed by atoms with Crippen molar-refractivity contribution >= 4 is 17.5 Å². The zero-order valence-electron chi connectivity index (χ0n) is 7.76. The molecule has 0 rings (SSSR count). The average Bonchev–Trinajstić information content (AvgIpc) is 2.03. The van der Waals surface area contributed by atoms with E-state index in [1.54, 1.807) is 14.0 Å². The normalized spacial score (nSPS) is 15.3. The summed E-state index contributed by atoms with van der Waals surface area (Å²) in [4.78, 5) is 11.1. The Bertz CT molecular complexity index is 139. The predicted molar refractivity (Wildman–Crippen MR) is 49.4 cm³/mol. The Morgan fingerprint density at radius 1 is 1.67 bits per heavy atom. The second kappa shape index (κ2) is 6.26. The fraction of sp³-hybridized carbons (Fsp3) is 0.875. The smallest absolute Gasteiger partial charge is 0.238 e. The van der Waals surface area contributed by atoms with Gasteiger partial charge in [0.05, 0.1) is 12.6 Å². The summed E-state index contributed by atoms with van der Waals surface area (Å²) in [7, 11) is 1.61. The van der Waals surface area contributed by atoms with Crippen molar-refractivity contribution in [3.05, 3.63) is 0 Å². The maximum absolute atomic E-state index is 11.1. The Hall–Kier alpha value is -0.280. The third-order valence-electron chi connectivity index (χ3n) is 1.57. The molecule has 1 N–H and O–H groups in total. The fourth-order valence-electron chi connectivity index (χ4n) is 0.779. The van der Waals surface area contributed by atoms with Crippen LogP contribution >= 0.6 is 11.6 Å². The number of hydrogen-bond acceptors (Lipinski definition) is 2.